The number of ether oxygens (including phenoxy) is 4. The summed E-state index contributed by atoms with van der Waals surface area (Å²) in [5, 5.41) is 58.9. The number of methoxy groups -OCH3 is 1. The highest BCUT2D eigenvalue weighted by Gasteiger charge is 2.50. The smallest absolute Gasteiger partial charge is 0.408 e. The number of carbonyl (C=O) groups excluding carboxylic acids is 5. The number of fused-ring (bicyclic) bond motifs is 3. The minimum Gasteiger partial charge on any atom is -0.507 e. The zero-order valence-electron chi connectivity index (χ0n) is 36.3. The summed E-state index contributed by atoms with van der Waals surface area (Å²) in [6, 6.07) is 3.32. The van der Waals surface area contributed by atoms with E-state index in [0.717, 1.165) is 39.1 Å². The molecule has 1 amide bonds. The number of rotatable bonds is 12. The molecule has 2 fully saturated rings. The molecule has 2 aromatic rings. The van der Waals surface area contributed by atoms with Gasteiger partial charge in [-0.15, -0.1) is 0 Å². The normalized spacial score (nSPS) is 30.5. The second-order valence-corrected chi connectivity index (χ2v) is 17.9. The Morgan fingerprint density at radius 3 is 2.44 bits per heavy atom. The number of phenolic OH excluding ortho intramolecular Hbond substituents is 2. The number of aliphatic hydroxyl groups is 3. The van der Waals surface area contributed by atoms with Crippen LogP contribution in [-0.2, 0) is 30.2 Å². The second-order valence-electron chi connectivity index (χ2n) is 17.9. The third-order valence-corrected chi connectivity index (χ3v) is 13.7. The van der Waals surface area contributed by atoms with Crippen LogP contribution in [0.2, 0.25) is 0 Å². The predicted molar refractivity (Wildman–Crippen MR) is 225 cm³/mol. The van der Waals surface area contributed by atoms with Gasteiger partial charge in [-0.05, 0) is 64.8 Å². The number of aliphatic hydroxyl groups excluding tert-OH is 2. The molecule has 63 heavy (non-hydrogen) atoms. The van der Waals surface area contributed by atoms with Crippen molar-refractivity contribution in [2.75, 3.05) is 53.5 Å². The first-order valence-electron chi connectivity index (χ1n) is 21.8. The van der Waals surface area contributed by atoms with Crippen molar-refractivity contribution in [3.05, 3.63) is 63.7 Å². The van der Waals surface area contributed by atoms with Crippen molar-refractivity contribution in [3.8, 4) is 17.2 Å². The molecule has 2 saturated heterocycles. The lowest BCUT2D eigenvalue weighted by molar-refractivity contribution is -0.249. The van der Waals surface area contributed by atoms with Gasteiger partial charge in [-0.1, -0.05) is 25.1 Å². The molecule has 3 aliphatic carbocycles. The first-order valence-corrected chi connectivity index (χ1v) is 21.8. The number of ketones is 4. The monoisotopic (exact) mass is 877 g/mol. The van der Waals surface area contributed by atoms with E-state index in [1.807, 2.05) is 13.0 Å². The maximum absolute atomic E-state index is 14.0. The van der Waals surface area contributed by atoms with E-state index in [1.54, 1.807) is 6.08 Å². The molecule has 2 aromatic carbocycles. The molecule has 2 aliphatic heterocycles. The first kappa shape index (κ1) is 46.2. The number of Topliss-reactive ketones (excluding diaryl/α,β-unsaturated/α-hetero) is 2. The maximum Gasteiger partial charge on any atom is 0.408 e. The Labute approximate surface area is 365 Å². The Kier molecular flexibility index (Phi) is 13.8. The molecular formula is C46H59N3O14. The topological polar surface area (TPSA) is 242 Å². The van der Waals surface area contributed by atoms with Gasteiger partial charge >= 0.3 is 6.09 Å². The molecule has 6 N–H and O–H groups in total. The number of nitrogens with one attached hydrogen (secondary N) is 1. The Hall–Kier alpha value is -4.75. The lowest BCUT2D eigenvalue weighted by Crippen LogP contribution is -2.56. The number of phenols is 2. The Morgan fingerprint density at radius 2 is 1.73 bits per heavy atom. The number of nitrogens with zero attached hydrogens (tertiary/aromatic N) is 2. The number of hydrogen-bond acceptors (Lipinski definition) is 16. The Balaban J connectivity index is 1.05. The van der Waals surface area contributed by atoms with E-state index in [-0.39, 0.29) is 40.2 Å². The standard InChI is InChI=1S/C46H59N3O14/c1-25-39(53)29(47-44(58)62-26-9-5-6-14-45(2,15-13-26)32(51)12-8-16-49-19-17-48(3)18-20-49)21-34(61-25)63-31-23-46(59,33(52)24-50)22-28-36(31)43(57)38-37(41(28)55)40(54)27-10-7-11-30(60-4)35(27)42(38)56/h5,7,9-11,25-26,29,31,34,39,50,53,55,57,59H,6,8,12-24H2,1-4H3,(H,47,58)/b9-5+/t25?,26-,29-,31-,34?,39+,45+,46-/m0/s1. The van der Waals surface area contributed by atoms with Crippen LogP contribution in [0, 0.1) is 5.41 Å². The van der Waals surface area contributed by atoms with Gasteiger partial charge in [0.2, 0.25) is 5.78 Å². The highest BCUT2D eigenvalue weighted by atomic mass is 16.7. The zero-order valence-corrected chi connectivity index (χ0v) is 36.3. The average molecular weight is 878 g/mol. The maximum atomic E-state index is 14.0. The number of likely N-dealkylation sites (N-methyl/N-ethyl adjacent to an activating group) is 1. The summed E-state index contributed by atoms with van der Waals surface area (Å²) in [5.74, 6) is -3.88. The average Bonchev–Trinajstić information content (AvgIpc) is 3.25. The number of hydrogen-bond donors (Lipinski definition) is 6. The van der Waals surface area contributed by atoms with Gasteiger partial charge in [0.1, 0.15) is 47.4 Å². The van der Waals surface area contributed by atoms with E-state index in [0.29, 0.717) is 32.1 Å². The molecule has 0 bridgehead atoms. The summed E-state index contributed by atoms with van der Waals surface area (Å²) >= 11 is 0. The van der Waals surface area contributed by atoms with Crippen molar-refractivity contribution >= 4 is 29.2 Å². The summed E-state index contributed by atoms with van der Waals surface area (Å²) in [6.07, 6.45) is -0.601. The van der Waals surface area contributed by atoms with Crippen molar-refractivity contribution in [1.29, 1.82) is 0 Å². The van der Waals surface area contributed by atoms with Crippen LogP contribution in [0.1, 0.15) is 114 Å². The number of piperazine rings is 1. The van der Waals surface area contributed by atoms with Gasteiger partial charge in [0.25, 0.3) is 0 Å². The van der Waals surface area contributed by atoms with E-state index in [1.165, 1.54) is 32.2 Å². The Morgan fingerprint density at radius 1 is 1.00 bits per heavy atom. The summed E-state index contributed by atoms with van der Waals surface area (Å²) in [5.41, 5.74) is -4.64. The molecule has 2 unspecified atom stereocenters. The lowest BCUT2D eigenvalue weighted by Gasteiger charge is -2.42. The zero-order chi connectivity index (χ0) is 45.4. The molecular weight excluding hydrogens is 819 g/mol. The summed E-state index contributed by atoms with van der Waals surface area (Å²) in [7, 11) is 3.42. The molecule has 5 aliphatic rings. The minimum atomic E-state index is -2.36. The molecule has 342 valence electrons. The molecule has 0 radical (unpaired) electrons. The number of carbonyl (C=O) groups is 5. The minimum absolute atomic E-state index is 0.0609. The van der Waals surface area contributed by atoms with E-state index >= 15 is 0 Å². The van der Waals surface area contributed by atoms with Gasteiger partial charge in [0.15, 0.2) is 17.9 Å². The highest BCUT2D eigenvalue weighted by Crippen LogP contribution is 2.52. The van der Waals surface area contributed by atoms with Crippen LogP contribution >= 0.6 is 0 Å². The fourth-order valence-electron chi connectivity index (χ4n) is 9.73. The second kappa shape index (κ2) is 18.8. The SMILES string of the molecule is COc1cccc2c1C(=O)c1c(O)c3c(c(O)c1C2=O)C[C@@](O)(C(=O)CO)C[C@@H]3OC1C[C@H](NC(=O)O[C@H]2/C=C/CC[C@@](C)(C(=O)CCCN3CCN(C)CC3)CC2)[C@H](O)C(C)O1. The first-order chi connectivity index (χ1) is 30.0. The van der Waals surface area contributed by atoms with Crippen LogP contribution in [0.4, 0.5) is 4.79 Å². The largest absolute Gasteiger partial charge is 0.507 e. The van der Waals surface area contributed by atoms with Crippen LogP contribution in [-0.4, -0.2) is 154 Å². The Bertz CT molecular complexity index is 2150. The molecule has 17 nitrogen and oxygen atoms in total. The number of amides is 1. The molecule has 0 saturated carbocycles. The molecule has 0 spiro atoms. The third-order valence-electron chi connectivity index (χ3n) is 13.7. The van der Waals surface area contributed by atoms with Crippen LogP contribution in [0.5, 0.6) is 17.2 Å². The van der Waals surface area contributed by atoms with E-state index in [2.05, 4.69) is 22.2 Å². The van der Waals surface area contributed by atoms with E-state index in [4.69, 9.17) is 18.9 Å². The number of aromatic hydroxyl groups is 2. The molecule has 0 aromatic heterocycles. The van der Waals surface area contributed by atoms with E-state index < -0.39 is 113 Å². The van der Waals surface area contributed by atoms with Crippen LogP contribution in [0.15, 0.2) is 30.4 Å². The predicted octanol–water partition coefficient (Wildman–Crippen LogP) is 2.87. The van der Waals surface area contributed by atoms with Crippen molar-refractivity contribution in [2.24, 2.45) is 5.41 Å². The van der Waals surface area contributed by atoms with Gasteiger partial charge in [-0.3, -0.25) is 19.2 Å². The molecule has 17 heteroatoms. The number of allylic oxidation sites excluding steroid dienone is 1. The van der Waals surface area contributed by atoms with Gasteiger partial charge < -0.3 is 59.6 Å². The van der Waals surface area contributed by atoms with Gasteiger partial charge in [-0.25, -0.2) is 4.79 Å². The molecule has 8 atom stereocenters. The molecule has 2 heterocycles. The number of benzene rings is 2. The quantitative estimate of drug-likeness (QED) is 0.113. The van der Waals surface area contributed by atoms with Crippen molar-refractivity contribution in [1.82, 2.24) is 15.1 Å². The fraction of sp³-hybridized carbons (Fsp3) is 0.587. The van der Waals surface area contributed by atoms with E-state index in [9.17, 15) is 49.5 Å². The lowest BCUT2D eigenvalue weighted by atomic mass is 9.72. The summed E-state index contributed by atoms with van der Waals surface area (Å²) in [4.78, 5) is 72.6. The van der Waals surface area contributed by atoms with Gasteiger partial charge in [0.05, 0.1) is 42.0 Å². The number of alkyl carbamates (subject to hydrolysis) is 1. The van der Waals surface area contributed by atoms with Gasteiger partial charge in [-0.2, -0.15) is 0 Å². The summed E-state index contributed by atoms with van der Waals surface area (Å²) in [6.45, 7) is 7.35. The van der Waals surface area contributed by atoms with Crippen molar-refractivity contribution in [2.45, 2.75) is 114 Å². The van der Waals surface area contributed by atoms with Crippen LogP contribution < -0.4 is 10.1 Å². The van der Waals surface area contributed by atoms with Crippen LogP contribution in [0.3, 0.4) is 0 Å². The highest BCUT2D eigenvalue weighted by molar-refractivity contribution is 6.31. The van der Waals surface area contributed by atoms with Crippen molar-refractivity contribution in [3.63, 3.8) is 0 Å². The third kappa shape index (κ3) is 9.28. The van der Waals surface area contributed by atoms with Crippen molar-refractivity contribution < 1.29 is 68.5 Å². The van der Waals surface area contributed by atoms with Gasteiger partial charge in [0, 0.05) is 74.0 Å². The molecule has 7 rings (SSSR count). The fourth-order valence-corrected chi connectivity index (χ4v) is 9.73. The van der Waals surface area contributed by atoms with Crippen LogP contribution in [0.25, 0.3) is 0 Å². The summed E-state index contributed by atoms with van der Waals surface area (Å²) < 4.78 is 23.4.